The number of fused-ring (bicyclic) bond motifs is 2. The zero-order valence-corrected chi connectivity index (χ0v) is 14.0. The molecule has 114 valence electrons. The van der Waals surface area contributed by atoms with Crippen LogP contribution in [0.15, 0.2) is 46.2 Å². The van der Waals surface area contributed by atoms with Crippen molar-refractivity contribution < 1.29 is 15.7 Å². The lowest BCUT2D eigenvalue weighted by Gasteiger charge is -2.16. The smallest absolute Gasteiger partial charge is 0.158 e. The summed E-state index contributed by atoms with van der Waals surface area (Å²) in [4.78, 5) is 2.19. The molecule has 2 aromatic rings. The Morgan fingerprint density at radius 1 is 1.10 bits per heavy atom. The van der Waals surface area contributed by atoms with Gasteiger partial charge in [-0.15, -0.1) is 17.0 Å². The molecule has 1 heterocycles. The summed E-state index contributed by atoms with van der Waals surface area (Å²) in [6.45, 7) is 0. The van der Waals surface area contributed by atoms with Crippen LogP contribution in [0.1, 0.15) is 17.2 Å². The molecular formula is C15H18BrNO3S. The van der Waals surface area contributed by atoms with Crippen LogP contribution >= 0.6 is 28.7 Å². The highest BCUT2D eigenvalue weighted by atomic mass is 79.9. The Kier molecular flexibility index (Phi) is 6.10. The number of likely N-dealkylation sites (N-methyl/N-ethyl adjacent to an activating group) is 1. The largest absolute Gasteiger partial charge is 0.504 e. The van der Waals surface area contributed by atoms with E-state index in [2.05, 4.69) is 17.4 Å². The topological polar surface area (TPSA) is 84.0 Å². The Bertz CT molecular complexity index is 636. The van der Waals surface area contributed by atoms with Crippen LogP contribution in [-0.4, -0.2) is 22.7 Å². The highest BCUT2D eigenvalue weighted by Crippen LogP contribution is 2.43. The van der Waals surface area contributed by atoms with E-state index < -0.39 is 0 Å². The van der Waals surface area contributed by atoms with Gasteiger partial charge in [-0.25, -0.2) is 0 Å². The maximum Gasteiger partial charge on any atom is 0.158 e. The van der Waals surface area contributed by atoms with Crippen molar-refractivity contribution in [2.45, 2.75) is 22.3 Å². The second-order valence-electron chi connectivity index (χ2n) is 4.63. The molecule has 2 aromatic carbocycles. The van der Waals surface area contributed by atoms with Crippen molar-refractivity contribution in [2.24, 2.45) is 0 Å². The van der Waals surface area contributed by atoms with Gasteiger partial charge in [0.15, 0.2) is 11.5 Å². The molecule has 0 bridgehead atoms. The summed E-state index contributed by atoms with van der Waals surface area (Å²) in [6, 6.07) is 11.8. The number of phenolic OH excluding ortho intramolecular Hbond substituents is 2. The average Bonchev–Trinajstić information content (AvgIpc) is 2.56. The van der Waals surface area contributed by atoms with Gasteiger partial charge in [0, 0.05) is 15.8 Å². The van der Waals surface area contributed by atoms with Crippen LogP contribution < -0.4 is 5.32 Å². The average molecular weight is 372 g/mol. The first kappa shape index (κ1) is 17.8. The fourth-order valence-corrected chi connectivity index (χ4v) is 3.58. The molecule has 1 atom stereocenters. The monoisotopic (exact) mass is 371 g/mol. The van der Waals surface area contributed by atoms with Gasteiger partial charge in [0.1, 0.15) is 0 Å². The predicted octanol–water partition coefficient (Wildman–Crippen LogP) is 2.82. The summed E-state index contributed by atoms with van der Waals surface area (Å²) >= 11 is 1.63. The fraction of sp³-hybridized carbons (Fsp3) is 0.200. The molecule has 0 spiro atoms. The molecule has 3 rings (SSSR count). The van der Waals surface area contributed by atoms with Crippen molar-refractivity contribution >= 4 is 28.7 Å². The van der Waals surface area contributed by atoms with Gasteiger partial charge < -0.3 is 21.0 Å². The van der Waals surface area contributed by atoms with E-state index in [4.69, 9.17) is 0 Å². The lowest BCUT2D eigenvalue weighted by atomic mass is 9.99. The van der Waals surface area contributed by atoms with Crippen molar-refractivity contribution in [3.63, 3.8) is 0 Å². The zero-order valence-electron chi connectivity index (χ0n) is 11.5. The molecule has 1 aliphatic heterocycles. The second kappa shape index (κ2) is 7.17. The van der Waals surface area contributed by atoms with Gasteiger partial charge >= 0.3 is 0 Å². The number of nitrogens with one attached hydrogen (secondary N) is 1. The van der Waals surface area contributed by atoms with Gasteiger partial charge in [0.2, 0.25) is 0 Å². The number of hydrogen-bond donors (Lipinski definition) is 3. The van der Waals surface area contributed by atoms with Crippen LogP contribution in [0, 0.1) is 0 Å². The SMILES string of the molecule is Br.CNC1Cc2cc(O)c(O)cc2Sc2ccccc21.O. The van der Waals surface area contributed by atoms with Gasteiger partial charge in [-0.2, -0.15) is 0 Å². The molecule has 1 aliphatic rings. The Morgan fingerprint density at radius 2 is 1.76 bits per heavy atom. The molecular weight excluding hydrogens is 354 g/mol. The van der Waals surface area contributed by atoms with Gasteiger partial charge in [-0.05, 0) is 42.8 Å². The van der Waals surface area contributed by atoms with Crippen LogP contribution in [-0.2, 0) is 6.42 Å². The van der Waals surface area contributed by atoms with Crippen LogP contribution in [0.4, 0.5) is 0 Å². The molecule has 0 aliphatic carbocycles. The first-order valence-corrected chi connectivity index (χ1v) is 6.99. The Labute approximate surface area is 138 Å². The molecule has 0 aromatic heterocycles. The quantitative estimate of drug-likeness (QED) is 0.672. The summed E-state index contributed by atoms with van der Waals surface area (Å²) in [5.74, 6) is -0.119. The van der Waals surface area contributed by atoms with Crippen LogP contribution in [0.25, 0.3) is 0 Å². The molecule has 0 amide bonds. The maximum atomic E-state index is 9.66. The molecule has 0 saturated heterocycles. The first-order valence-electron chi connectivity index (χ1n) is 6.18. The molecule has 0 fully saturated rings. The Hall–Kier alpha value is -1.21. The zero-order chi connectivity index (χ0) is 13.4. The van der Waals surface area contributed by atoms with Crippen LogP contribution in [0.5, 0.6) is 11.5 Å². The van der Waals surface area contributed by atoms with Crippen molar-refractivity contribution in [2.75, 3.05) is 7.05 Å². The first-order chi connectivity index (χ1) is 9.19. The molecule has 0 radical (unpaired) electrons. The minimum atomic E-state index is -0.0633. The minimum absolute atomic E-state index is 0. The van der Waals surface area contributed by atoms with Crippen LogP contribution in [0.2, 0.25) is 0 Å². The fourth-order valence-electron chi connectivity index (χ4n) is 2.42. The predicted molar refractivity (Wildman–Crippen MR) is 89.8 cm³/mol. The van der Waals surface area contributed by atoms with Crippen molar-refractivity contribution in [3.05, 3.63) is 47.5 Å². The molecule has 5 N–H and O–H groups in total. The number of rotatable bonds is 1. The number of aromatic hydroxyl groups is 2. The second-order valence-corrected chi connectivity index (χ2v) is 5.72. The normalized spacial score (nSPS) is 15.8. The van der Waals surface area contributed by atoms with E-state index in [1.165, 1.54) is 10.5 Å². The van der Waals surface area contributed by atoms with E-state index in [1.54, 1.807) is 23.9 Å². The lowest BCUT2D eigenvalue weighted by Crippen LogP contribution is -2.18. The van der Waals surface area contributed by atoms with E-state index in [9.17, 15) is 10.2 Å². The molecule has 1 unspecified atom stereocenters. The number of halogens is 1. The third-order valence-corrected chi connectivity index (χ3v) is 4.64. The van der Waals surface area contributed by atoms with E-state index >= 15 is 0 Å². The highest BCUT2D eigenvalue weighted by molar-refractivity contribution is 8.93. The standard InChI is InChI=1S/C15H15NO2S.BrH.H2O/c1-16-11-6-9-7-12(17)13(18)8-15(9)19-14-5-3-2-4-10(11)14;;/h2-5,7-8,11,16-18H,6H2,1H3;1H;1H2. The number of benzene rings is 2. The molecule has 6 heteroatoms. The molecule has 21 heavy (non-hydrogen) atoms. The van der Waals surface area contributed by atoms with Crippen molar-refractivity contribution in [3.8, 4) is 11.5 Å². The number of phenols is 2. The van der Waals surface area contributed by atoms with Crippen molar-refractivity contribution in [1.29, 1.82) is 0 Å². The summed E-state index contributed by atoms with van der Waals surface area (Å²) in [5.41, 5.74) is 2.31. The number of hydrogen-bond acceptors (Lipinski definition) is 4. The highest BCUT2D eigenvalue weighted by Gasteiger charge is 2.22. The lowest BCUT2D eigenvalue weighted by molar-refractivity contribution is 0.401. The molecule has 4 nitrogen and oxygen atoms in total. The van der Waals surface area contributed by atoms with Crippen LogP contribution in [0.3, 0.4) is 0 Å². The van der Waals surface area contributed by atoms with E-state index in [0.29, 0.717) is 0 Å². The Balaban J connectivity index is 0.00000110. The molecule has 0 saturated carbocycles. The third kappa shape index (κ3) is 3.35. The van der Waals surface area contributed by atoms with E-state index in [-0.39, 0.29) is 40.0 Å². The van der Waals surface area contributed by atoms with E-state index in [0.717, 1.165) is 16.9 Å². The van der Waals surface area contributed by atoms with Gasteiger partial charge in [-0.3, -0.25) is 0 Å². The minimum Gasteiger partial charge on any atom is -0.504 e. The van der Waals surface area contributed by atoms with Crippen molar-refractivity contribution in [1.82, 2.24) is 5.32 Å². The Morgan fingerprint density at radius 3 is 2.48 bits per heavy atom. The third-order valence-electron chi connectivity index (χ3n) is 3.44. The van der Waals surface area contributed by atoms with Gasteiger partial charge in [0.25, 0.3) is 0 Å². The summed E-state index contributed by atoms with van der Waals surface area (Å²) < 4.78 is 0. The summed E-state index contributed by atoms with van der Waals surface area (Å²) in [5, 5.41) is 22.6. The maximum absolute atomic E-state index is 9.66. The summed E-state index contributed by atoms with van der Waals surface area (Å²) in [7, 11) is 1.94. The van der Waals surface area contributed by atoms with Gasteiger partial charge in [-0.1, -0.05) is 30.0 Å². The van der Waals surface area contributed by atoms with E-state index in [1.807, 2.05) is 19.2 Å². The van der Waals surface area contributed by atoms with Gasteiger partial charge in [0.05, 0.1) is 0 Å². The summed E-state index contributed by atoms with van der Waals surface area (Å²) in [6.07, 6.45) is 0.795.